The van der Waals surface area contributed by atoms with Crippen LogP contribution in [0.3, 0.4) is 0 Å². The average molecular weight is 250 g/mol. The fraction of sp³-hybridized carbons (Fsp3) is 0.412. The van der Waals surface area contributed by atoms with Crippen LogP contribution in [0.5, 0.6) is 0 Å². The second kappa shape index (κ2) is 3.66. The Kier molecular flexibility index (Phi) is 2.15. The van der Waals surface area contributed by atoms with E-state index in [0.717, 1.165) is 17.3 Å². The van der Waals surface area contributed by atoms with Crippen LogP contribution in [0.2, 0.25) is 0 Å². The van der Waals surface area contributed by atoms with E-state index in [1.165, 1.54) is 24.0 Å². The van der Waals surface area contributed by atoms with Gasteiger partial charge in [-0.05, 0) is 59.4 Å². The molecule has 1 fully saturated rings. The van der Waals surface area contributed by atoms with Gasteiger partial charge in [0, 0.05) is 12.4 Å². The molecule has 2 aromatic heterocycles. The lowest BCUT2D eigenvalue weighted by Gasteiger charge is -2.57. The summed E-state index contributed by atoms with van der Waals surface area (Å²) >= 11 is 0. The molecule has 3 aliphatic rings. The third-order valence-electron chi connectivity index (χ3n) is 5.26. The molecule has 1 saturated carbocycles. The highest BCUT2D eigenvalue weighted by atomic mass is 14.8. The van der Waals surface area contributed by atoms with Crippen LogP contribution in [0.25, 0.3) is 11.4 Å². The predicted octanol–water partition coefficient (Wildman–Crippen LogP) is 3.83. The highest BCUT2D eigenvalue weighted by molar-refractivity contribution is 5.56. The van der Waals surface area contributed by atoms with Gasteiger partial charge in [-0.3, -0.25) is 9.97 Å². The van der Waals surface area contributed by atoms with Crippen LogP contribution >= 0.6 is 0 Å². The van der Waals surface area contributed by atoms with Crippen molar-refractivity contribution in [1.82, 2.24) is 9.97 Å². The summed E-state index contributed by atoms with van der Waals surface area (Å²) in [5.74, 6) is 1.57. The molecule has 0 radical (unpaired) electrons. The Morgan fingerprint density at radius 3 is 2.79 bits per heavy atom. The van der Waals surface area contributed by atoms with E-state index in [2.05, 4.69) is 36.1 Å². The molecule has 2 aromatic rings. The quantitative estimate of drug-likeness (QED) is 0.768. The summed E-state index contributed by atoms with van der Waals surface area (Å²) in [6.07, 6.45) is 6.49. The first-order chi connectivity index (χ1) is 9.16. The van der Waals surface area contributed by atoms with E-state index >= 15 is 0 Å². The summed E-state index contributed by atoms with van der Waals surface area (Å²) in [5, 5.41) is 0. The second-order valence-electron chi connectivity index (χ2n) is 6.49. The Balaban J connectivity index is 1.78. The highest BCUT2D eigenvalue weighted by Crippen LogP contribution is 2.62. The Hall–Kier alpha value is -1.70. The van der Waals surface area contributed by atoms with Crippen molar-refractivity contribution < 1.29 is 0 Å². The van der Waals surface area contributed by atoms with Crippen molar-refractivity contribution >= 4 is 0 Å². The largest absolute Gasteiger partial charge is 0.255 e. The minimum atomic E-state index is 0.473. The molecule has 2 nitrogen and oxygen atoms in total. The number of pyridine rings is 2. The van der Waals surface area contributed by atoms with E-state index < -0.39 is 0 Å². The van der Waals surface area contributed by atoms with Crippen molar-refractivity contribution in [3.8, 4) is 11.4 Å². The minimum Gasteiger partial charge on any atom is -0.255 e. The van der Waals surface area contributed by atoms with Crippen LogP contribution in [0, 0.1) is 11.3 Å². The van der Waals surface area contributed by atoms with Gasteiger partial charge in [-0.15, -0.1) is 0 Å². The lowest BCUT2D eigenvalue weighted by Crippen LogP contribution is -2.48. The normalized spacial score (nSPS) is 26.4. The van der Waals surface area contributed by atoms with Gasteiger partial charge in [0.25, 0.3) is 0 Å². The van der Waals surface area contributed by atoms with Crippen molar-refractivity contribution in [2.24, 2.45) is 11.3 Å². The van der Waals surface area contributed by atoms with Crippen molar-refractivity contribution in [2.75, 3.05) is 0 Å². The van der Waals surface area contributed by atoms with Crippen molar-refractivity contribution in [3.05, 3.63) is 47.8 Å². The van der Waals surface area contributed by atoms with Crippen molar-refractivity contribution in [2.45, 2.75) is 32.6 Å². The predicted molar refractivity (Wildman–Crippen MR) is 75.8 cm³/mol. The van der Waals surface area contributed by atoms with Gasteiger partial charge in [-0.1, -0.05) is 19.9 Å². The summed E-state index contributed by atoms with van der Waals surface area (Å²) in [6.45, 7) is 4.81. The van der Waals surface area contributed by atoms with Gasteiger partial charge >= 0.3 is 0 Å². The first-order valence-electron chi connectivity index (χ1n) is 7.06. The molecule has 5 rings (SSSR count). The molecule has 0 spiro atoms. The van der Waals surface area contributed by atoms with Crippen LogP contribution in [0.4, 0.5) is 0 Å². The summed E-state index contributed by atoms with van der Waals surface area (Å²) < 4.78 is 0. The van der Waals surface area contributed by atoms with Crippen LogP contribution in [0.15, 0.2) is 36.7 Å². The molecule has 2 heteroatoms. The number of hydrogen-bond acceptors (Lipinski definition) is 2. The zero-order chi connectivity index (χ0) is 13.0. The first-order valence-corrected chi connectivity index (χ1v) is 7.06. The average Bonchev–Trinajstić information content (AvgIpc) is 2.46. The number of aromatic nitrogens is 2. The fourth-order valence-electron chi connectivity index (χ4n) is 3.81. The van der Waals surface area contributed by atoms with Gasteiger partial charge in [-0.2, -0.15) is 0 Å². The third-order valence-corrected chi connectivity index (χ3v) is 5.26. The molecular weight excluding hydrogens is 232 g/mol. The first kappa shape index (κ1) is 11.2. The lowest BCUT2D eigenvalue weighted by molar-refractivity contribution is 0.0183. The molecule has 96 valence electrons. The molecule has 0 aliphatic heterocycles. The van der Waals surface area contributed by atoms with Crippen LogP contribution in [-0.2, 0) is 6.42 Å². The summed E-state index contributed by atoms with van der Waals surface area (Å²) in [7, 11) is 0. The molecule has 0 amide bonds. The van der Waals surface area contributed by atoms with E-state index in [0.29, 0.717) is 11.3 Å². The Labute approximate surface area is 113 Å². The van der Waals surface area contributed by atoms with Gasteiger partial charge in [0.05, 0.1) is 11.4 Å². The summed E-state index contributed by atoms with van der Waals surface area (Å²) in [6, 6.07) is 8.25. The van der Waals surface area contributed by atoms with Gasteiger partial charge in [0.2, 0.25) is 0 Å². The van der Waals surface area contributed by atoms with Crippen LogP contribution < -0.4 is 0 Å². The zero-order valence-corrected chi connectivity index (χ0v) is 11.4. The number of rotatable bonds is 1. The van der Waals surface area contributed by atoms with Gasteiger partial charge in [-0.25, -0.2) is 0 Å². The maximum absolute atomic E-state index is 4.64. The molecule has 0 saturated heterocycles. The molecule has 19 heavy (non-hydrogen) atoms. The highest BCUT2D eigenvalue weighted by Gasteiger charge is 2.52. The summed E-state index contributed by atoms with van der Waals surface area (Å²) in [5.41, 5.74) is 5.44. The van der Waals surface area contributed by atoms with E-state index in [1.54, 1.807) is 0 Å². The zero-order valence-electron chi connectivity index (χ0n) is 11.4. The monoisotopic (exact) mass is 250 g/mol. The lowest BCUT2D eigenvalue weighted by atomic mass is 9.47. The Morgan fingerprint density at radius 1 is 1.16 bits per heavy atom. The van der Waals surface area contributed by atoms with E-state index in [1.807, 2.05) is 24.4 Å². The molecule has 2 bridgehead atoms. The van der Waals surface area contributed by atoms with E-state index in [9.17, 15) is 0 Å². The van der Waals surface area contributed by atoms with Gasteiger partial charge in [0.15, 0.2) is 0 Å². The smallest absolute Gasteiger partial charge is 0.0889 e. The standard InChI is InChI=1S/C17H18N2/c1-17(2)12-7-11-8-16(15-5-3-4-6-18-15)19-10-13(11)14(17)9-12/h3-6,8,10,12,14H,7,9H2,1-2H3/t12-,14-/m1/s1. The third kappa shape index (κ3) is 1.49. The molecule has 0 unspecified atom stereocenters. The number of hydrogen-bond donors (Lipinski definition) is 0. The minimum absolute atomic E-state index is 0.473. The maximum Gasteiger partial charge on any atom is 0.0889 e. The van der Waals surface area contributed by atoms with Crippen molar-refractivity contribution in [3.63, 3.8) is 0 Å². The van der Waals surface area contributed by atoms with Crippen LogP contribution in [0.1, 0.15) is 37.3 Å². The maximum atomic E-state index is 4.64. The number of nitrogens with zero attached hydrogens (tertiary/aromatic N) is 2. The molecular formula is C17H18N2. The molecule has 2 atom stereocenters. The van der Waals surface area contributed by atoms with Crippen LogP contribution in [-0.4, -0.2) is 9.97 Å². The van der Waals surface area contributed by atoms with Crippen molar-refractivity contribution in [1.29, 1.82) is 0 Å². The topological polar surface area (TPSA) is 25.8 Å². The van der Waals surface area contributed by atoms with E-state index in [-0.39, 0.29) is 0 Å². The molecule has 0 aromatic carbocycles. The Bertz CT molecular complexity index is 631. The van der Waals surface area contributed by atoms with Gasteiger partial charge in [0.1, 0.15) is 0 Å². The molecule has 3 aliphatic carbocycles. The van der Waals surface area contributed by atoms with E-state index in [4.69, 9.17) is 0 Å². The van der Waals surface area contributed by atoms with Gasteiger partial charge < -0.3 is 0 Å². The second-order valence-corrected chi connectivity index (χ2v) is 6.49. The SMILES string of the molecule is CC1(C)[C@@H]2Cc3cc(-c4ccccn4)ncc3[C@H]1C2. The summed E-state index contributed by atoms with van der Waals surface area (Å²) in [4.78, 5) is 9.03. The molecule has 0 N–H and O–H groups in total. The molecule has 2 heterocycles. The fourth-order valence-corrected chi connectivity index (χ4v) is 3.81. The Morgan fingerprint density at radius 2 is 2.05 bits per heavy atom.